The fourth-order valence-electron chi connectivity index (χ4n) is 2.22. The van der Waals surface area contributed by atoms with E-state index in [1.54, 1.807) is 25.4 Å². The molecule has 0 bridgehead atoms. The molecule has 1 amide bonds. The Morgan fingerprint density at radius 2 is 2.19 bits per heavy atom. The van der Waals surface area contributed by atoms with Crippen molar-refractivity contribution in [2.45, 2.75) is 18.4 Å². The molecular weight excluding hydrogens is 352 g/mol. The van der Waals surface area contributed by atoms with Crippen LogP contribution in [0.4, 0.5) is 5.69 Å². The summed E-state index contributed by atoms with van der Waals surface area (Å²) in [5.41, 5.74) is 1.43. The SMILES string of the molecule is CCc1nc(-c2cccnc2SCC(=O)Nc2cccc(OC)c2)no1. The van der Waals surface area contributed by atoms with E-state index < -0.39 is 0 Å². The van der Waals surface area contributed by atoms with Gasteiger partial charge in [0.2, 0.25) is 17.6 Å². The van der Waals surface area contributed by atoms with Crippen molar-refractivity contribution in [1.29, 1.82) is 0 Å². The second-order valence-corrected chi connectivity index (χ2v) is 6.25. The molecule has 3 rings (SSSR count). The number of rotatable bonds is 7. The van der Waals surface area contributed by atoms with Crippen LogP contribution >= 0.6 is 11.8 Å². The Morgan fingerprint density at radius 3 is 2.96 bits per heavy atom. The number of carbonyl (C=O) groups excluding carboxylic acids is 1. The van der Waals surface area contributed by atoms with Crippen molar-refractivity contribution in [2.24, 2.45) is 0 Å². The summed E-state index contributed by atoms with van der Waals surface area (Å²) < 4.78 is 10.3. The van der Waals surface area contributed by atoms with Crippen LogP contribution < -0.4 is 10.1 Å². The third kappa shape index (κ3) is 4.40. The standard InChI is InChI=1S/C18H18N4O3S/c1-3-16-21-17(22-25-16)14-8-5-9-19-18(14)26-11-15(23)20-12-6-4-7-13(10-12)24-2/h4-10H,3,11H2,1-2H3,(H,20,23). The van der Waals surface area contributed by atoms with Crippen LogP contribution in [0.1, 0.15) is 12.8 Å². The molecule has 0 aliphatic rings. The molecular formula is C18H18N4O3S. The van der Waals surface area contributed by atoms with Crippen LogP contribution in [-0.4, -0.2) is 33.9 Å². The van der Waals surface area contributed by atoms with Crippen molar-refractivity contribution < 1.29 is 14.1 Å². The quantitative estimate of drug-likeness (QED) is 0.637. The smallest absolute Gasteiger partial charge is 0.234 e. The van der Waals surface area contributed by atoms with Crippen LogP contribution in [0.25, 0.3) is 11.4 Å². The van der Waals surface area contributed by atoms with Gasteiger partial charge in [-0.2, -0.15) is 4.98 Å². The predicted octanol–water partition coefficient (Wildman–Crippen LogP) is 3.43. The molecule has 8 heteroatoms. The third-order valence-corrected chi connectivity index (χ3v) is 4.48. The number of aryl methyl sites for hydroxylation is 1. The molecule has 1 N–H and O–H groups in total. The summed E-state index contributed by atoms with van der Waals surface area (Å²) in [4.78, 5) is 20.9. The molecule has 1 aromatic carbocycles. The lowest BCUT2D eigenvalue weighted by Gasteiger charge is -2.07. The highest BCUT2D eigenvalue weighted by molar-refractivity contribution is 8.00. The number of nitrogens with one attached hydrogen (secondary N) is 1. The molecule has 2 aromatic heterocycles. The minimum absolute atomic E-state index is 0.137. The number of aromatic nitrogens is 3. The van der Waals surface area contributed by atoms with Gasteiger partial charge in [0.1, 0.15) is 10.8 Å². The number of thioether (sulfide) groups is 1. The highest BCUT2D eigenvalue weighted by Gasteiger charge is 2.14. The van der Waals surface area contributed by atoms with Gasteiger partial charge in [-0.15, -0.1) is 0 Å². The van der Waals surface area contributed by atoms with Gasteiger partial charge in [-0.05, 0) is 24.3 Å². The third-order valence-electron chi connectivity index (χ3n) is 3.48. The van der Waals surface area contributed by atoms with Crippen LogP contribution in [0.2, 0.25) is 0 Å². The largest absolute Gasteiger partial charge is 0.497 e. The Morgan fingerprint density at radius 1 is 1.31 bits per heavy atom. The average molecular weight is 370 g/mol. The second-order valence-electron chi connectivity index (χ2n) is 5.29. The fraction of sp³-hybridized carbons (Fsp3) is 0.222. The normalized spacial score (nSPS) is 10.5. The number of ether oxygens (including phenoxy) is 1. The summed E-state index contributed by atoms with van der Waals surface area (Å²) in [6, 6.07) is 10.9. The van der Waals surface area contributed by atoms with E-state index in [2.05, 4.69) is 20.4 Å². The van der Waals surface area contributed by atoms with Crippen molar-refractivity contribution >= 4 is 23.4 Å². The Kier molecular flexibility index (Phi) is 5.85. The Balaban J connectivity index is 1.67. The lowest BCUT2D eigenvalue weighted by molar-refractivity contribution is -0.113. The number of carbonyl (C=O) groups is 1. The zero-order chi connectivity index (χ0) is 18.4. The van der Waals surface area contributed by atoms with Crippen molar-refractivity contribution in [2.75, 3.05) is 18.2 Å². The lowest BCUT2D eigenvalue weighted by Crippen LogP contribution is -2.14. The first-order valence-electron chi connectivity index (χ1n) is 8.04. The number of amides is 1. The van der Waals surface area contributed by atoms with E-state index in [4.69, 9.17) is 9.26 Å². The Bertz CT molecular complexity index is 897. The maximum Gasteiger partial charge on any atom is 0.234 e. The van der Waals surface area contributed by atoms with Gasteiger partial charge in [-0.25, -0.2) is 4.98 Å². The van der Waals surface area contributed by atoms with E-state index in [1.165, 1.54) is 11.8 Å². The van der Waals surface area contributed by atoms with Gasteiger partial charge in [-0.3, -0.25) is 4.79 Å². The molecule has 0 saturated heterocycles. The number of methoxy groups -OCH3 is 1. The van der Waals surface area contributed by atoms with Gasteiger partial charge in [-0.1, -0.05) is 29.9 Å². The first-order valence-corrected chi connectivity index (χ1v) is 9.03. The molecule has 0 fully saturated rings. The molecule has 0 radical (unpaired) electrons. The topological polar surface area (TPSA) is 90.1 Å². The molecule has 0 spiro atoms. The Hall–Kier alpha value is -2.87. The van der Waals surface area contributed by atoms with Gasteiger partial charge < -0.3 is 14.6 Å². The van der Waals surface area contributed by atoms with Crippen molar-refractivity contribution in [3.05, 3.63) is 48.5 Å². The molecule has 0 unspecified atom stereocenters. The van der Waals surface area contributed by atoms with Crippen molar-refractivity contribution in [3.8, 4) is 17.1 Å². The van der Waals surface area contributed by atoms with Gasteiger partial charge >= 0.3 is 0 Å². The number of hydrogen-bond donors (Lipinski definition) is 1. The molecule has 7 nitrogen and oxygen atoms in total. The maximum atomic E-state index is 12.2. The van der Waals surface area contributed by atoms with Crippen molar-refractivity contribution in [3.63, 3.8) is 0 Å². The first-order chi connectivity index (χ1) is 12.7. The highest BCUT2D eigenvalue weighted by Crippen LogP contribution is 2.28. The zero-order valence-electron chi connectivity index (χ0n) is 14.4. The van der Waals surface area contributed by atoms with Crippen LogP contribution in [0, 0.1) is 0 Å². The number of pyridine rings is 1. The summed E-state index contributed by atoms with van der Waals surface area (Å²) in [5.74, 6) is 1.80. The summed E-state index contributed by atoms with van der Waals surface area (Å²) >= 11 is 1.32. The number of anilines is 1. The molecule has 26 heavy (non-hydrogen) atoms. The van der Waals surface area contributed by atoms with Crippen LogP contribution in [0.3, 0.4) is 0 Å². The minimum atomic E-state index is -0.137. The summed E-state index contributed by atoms with van der Waals surface area (Å²) in [6.45, 7) is 1.94. The molecule has 0 saturated carbocycles. The summed E-state index contributed by atoms with van der Waals surface area (Å²) in [6.07, 6.45) is 2.34. The van der Waals surface area contributed by atoms with Crippen LogP contribution in [-0.2, 0) is 11.2 Å². The van der Waals surface area contributed by atoms with Crippen molar-refractivity contribution in [1.82, 2.24) is 15.1 Å². The number of nitrogens with zero attached hydrogens (tertiary/aromatic N) is 3. The van der Waals surface area contributed by atoms with Gasteiger partial charge in [0.05, 0.1) is 18.4 Å². The molecule has 0 aliphatic carbocycles. The molecule has 2 heterocycles. The molecule has 134 valence electrons. The van der Waals surface area contributed by atoms with E-state index in [0.29, 0.717) is 34.6 Å². The van der Waals surface area contributed by atoms with Gasteiger partial charge in [0.25, 0.3) is 0 Å². The van der Waals surface area contributed by atoms with E-state index in [9.17, 15) is 4.79 Å². The van der Waals surface area contributed by atoms with E-state index in [-0.39, 0.29) is 11.7 Å². The zero-order valence-corrected chi connectivity index (χ0v) is 15.2. The van der Waals surface area contributed by atoms with Gasteiger partial charge in [0.15, 0.2) is 0 Å². The summed E-state index contributed by atoms with van der Waals surface area (Å²) in [7, 11) is 1.58. The van der Waals surface area contributed by atoms with E-state index >= 15 is 0 Å². The molecule has 3 aromatic rings. The van der Waals surface area contributed by atoms with Crippen LogP contribution in [0.15, 0.2) is 52.1 Å². The highest BCUT2D eigenvalue weighted by atomic mass is 32.2. The predicted molar refractivity (Wildman–Crippen MR) is 99.3 cm³/mol. The molecule has 0 atom stereocenters. The van der Waals surface area contributed by atoms with E-state index in [1.807, 2.05) is 31.2 Å². The lowest BCUT2D eigenvalue weighted by atomic mass is 10.3. The second kappa shape index (κ2) is 8.48. The fourth-order valence-corrected chi connectivity index (χ4v) is 3.01. The average Bonchev–Trinajstić information content (AvgIpc) is 3.16. The first kappa shape index (κ1) is 17.9. The summed E-state index contributed by atoms with van der Waals surface area (Å²) in [5, 5.41) is 7.50. The number of hydrogen-bond acceptors (Lipinski definition) is 7. The Labute approximate surface area is 155 Å². The van der Waals surface area contributed by atoms with Gasteiger partial charge in [0, 0.05) is 24.4 Å². The molecule has 0 aliphatic heterocycles. The minimum Gasteiger partial charge on any atom is -0.497 e. The van der Waals surface area contributed by atoms with Crippen LogP contribution in [0.5, 0.6) is 5.75 Å². The monoisotopic (exact) mass is 370 g/mol. The maximum absolute atomic E-state index is 12.2. The number of benzene rings is 1. The van der Waals surface area contributed by atoms with E-state index in [0.717, 1.165) is 5.56 Å².